The van der Waals surface area contributed by atoms with Gasteiger partial charge in [-0.3, -0.25) is 0 Å². The number of nitrogens with one attached hydrogen (secondary N) is 2. The second-order valence-electron chi connectivity index (χ2n) is 7.45. The van der Waals surface area contributed by atoms with Crippen LogP contribution in [-0.4, -0.2) is 26.0 Å². The molecular weight excluding hydrogens is 398 g/mol. The number of rotatable bonds is 3. The van der Waals surface area contributed by atoms with E-state index in [4.69, 9.17) is 4.74 Å². The Morgan fingerprint density at radius 2 is 1.79 bits per heavy atom. The maximum Gasteiger partial charge on any atom is 0.333 e. The summed E-state index contributed by atoms with van der Waals surface area (Å²) in [6.07, 6.45) is 6.67. The third-order valence-corrected chi connectivity index (χ3v) is 8.50. The van der Waals surface area contributed by atoms with E-state index >= 15 is 0 Å². The molecule has 148 valence electrons. The van der Waals surface area contributed by atoms with Crippen LogP contribution >= 0.6 is 11.3 Å². The summed E-state index contributed by atoms with van der Waals surface area (Å²) in [6, 6.07) is 1.55. The van der Waals surface area contributed by atoms with E-state index in [2.05, 4.69) is 21.1 Å². The molecule has 2 N–H and O–H groups in total. The van der Waals surface area contributed by atoms with Gasteiger partial charge < -0.3 is 10.1 Å². The quantitative estimate of drug-likeness (QED) is 0.797. The van der Waals surface area contributed by atoms with Crippen molar-refractivity contribution < 1.29 is 17.9 Å². The van der Waals surface area contributed by atoms with Gasteiger partial charge in [-0.25, -0.2) is 14.5 Å². The summed E-state index contributed by atoms with van der Waals surface area (Å²) >= 11 is 1.11. The summed E-state index contributed by atoms with van der Waals surface area (Å²) in [7, 11) is -4.01. The van der Waals surface area contributed by atoms with E-state index in [0.717, 1.165) is 71.6 Å². The Balaban J connectivity index is 1.39. The second-order valence-corrected chi connectivity index (χ2v) is 10.4. The smallest absolute Gasteiger partial charge is 0.333 e. The van der Waals surface area contributed by atoms with Crippen LogP contribution in [0.2, 0.25) is 0 Å². The van der Waals surface area contributed by atoms with Gasteiger partial charge in [0.15, 0.2) is 0 Å². The van der Waals surface area contributed by atoms with Crippen LogP contribution < -0.4 is 10.0 Å². The fourth-order valence-electron chi connectivity index (χ4n) is 4.39. The van der Waals surface area contributed by atoms with Crippen LogP contribution in [0, 0.1) is 0 Å². The summed E-state index contributed by atoms with van der Waals surface area (Å²) in [5.74, 6) is 0. The Morgan fingerprint density at radius 3 is 2.46 bits per heavy atom. The van der Waals surface area contributed by atoms with Gasteiger partial charge in [-0.15, -0.1) is 11.3 Å². The second kappa shape index (κ2) is 6.82. The number of hydrogen-bond donors (Lipinski definition) is 2. The van der Waals surface area contributed by atoms with Crippen molar-refractivity contribution in [2.45, 2.75) is 55.9 Å². The minimum atomic E-state index is -4.01. The van der Waals surface area contributed by atoms with Crippen LogP contribution in [0.4, 0.5) is 10.5 Å². The molecule has 28 heavy (non-hydrogen) atoms. The van der Waals surface area contributed by atoms with Gasteiger partial charge in [-0.1, -0.05) is 6.07 Å². The average Bonchev–Trinajstić information content (AvgIpc) is 3.39. The van der Waals surface area contributed by atoms with Crippen LogP contribution in [0.5, 0.6) is 0 Å². The van der Waals surface area contributed by atoms with E-state index in [1.165, 1.54) is 11.1 Å². The normalized spacial score (nSPS) is 17.7. The minimum absolute atomic E-state index is 0.0818. The molecule has 0 bridgehead atoms. The molecule has 7 nitrogen and oxygen atoms in total. The van der Waals surface area contributed by atoms with E-state index in [1.54, 1.807) is 0 Å². The average molecular weight is 420 g/mol. The summed E-state index contributed by atoms with van der Waals surface area (Å²) in [5.41, 5.74) is 6.36. The number of amides is 2. The largest absolute Gasteiger partial charge is 0.375 e. The number of ether oxygens (including phenoxy) is 1. The van der Waals surface area contributed by atoms with Gasteiger partial charge in [0.2, 0.25) is 4.34 Å². The van der Waals surface area contributed by atoms with Crippen LogP contribution in [-0.2, 0) is 53.5 Å². The fourth-order valence-corrected chi connectivity index (χ4v) is 6.64. The third kappa shape index (κ3) is 3.11. The van der Waals surface area contributed by atoms with Crippen molar-refractivity contribution in [3.05, 3.63) is 38.9 Å². The Morgan fingerprint density at radius 1 is 1.07 bits per heavy atom. The van der Waals surface area contributed by atoms with Gasteiger partial charge in [-0.2, -0.15) is 8.42 Å². The summed E-state index contributed by atoms with van der Waals surface area (Å²) in [5, 5.41) is 2.85. The Kier molecular flexibility index (Phi) is 4.41. The molecule has 0 atom stereocenters. The van der Waals surface area contributed by atoms with Crippen molar-refractivity contribution in [2.24, 2.45) is 0 Å². The predicted octanol–water partition coefficient (Wildman–Crippen LogP) is 2.70. The van der Waals surface area contributed by atoms with Gasteiger partial charge in [-0.05, 0) is 60.8 Å². The number of fused-ring (bicyclic) bond motifs is 3. The summed E-state index contributed by atoms with van der Waals surface area (Å²) < 4.78 is 32.7. The maximum absolute atomic E-state index is 12.7. The van der Waals surface area contributed by atoms with Crippen LogP contribution in [0.1, 0.15) is 45.7 Å². The SMILES string of the molecule is O=C(Nc1c2c(cc3c1CCC3)CCC2)NS(=O)(=O)c1nc2c(s1)CCOC2. The van der Waals surface area contributed by atoms with Crippen molar-refractivity contribution in [1.29, 1.82) is 0 Å². The summed E-state index contributed by atoms with van der Waals surface area (Å²) in [6.45, 7) is 0.878. The summed E-state index contributed by atoms with van der Waals surface area (Å²) in [4.78, 5) is 17.7. The molecule has 0 radical (unpaired) electrons. The molecule has 0 saturated carbocycles. The first-order valence-corrected chi connectivity index (χ1v) is 11.9. The Bertz CT molecular complexity index is 1020. The standard InChI is InChI=1S/C19H21N3O4S2/c23-18(22-28(24,25)19-20-15-10-26-8-7-16(15)27-19)21-17-13-5-1-3-11(13)9-12-4-2-6-14(12)17/h9H,1-8,10H2,(H2,21,22,23). The molecular formula is C19H21N3O4S2. The number of thiazole rings is 1. The first kappa shape index (κ1) is 18.1. The highest BCUT2D eigenvalue weighted by atomic mass is 32.2. The highest BCUT2D eigenvalue weighted by Gasteiger charge is 2.28. The lowest BCUT2D eigenvalue weighted by molar-refractivity contribution is 0.109. The zero-order valence-electron chi connectivity index (χ0n) is 15.3. The molecule has 0 saturated heterocycles. The number of nitrogens with zero attached hydrogens (tertiary/aromatic N) is 1. The van der Waals surface area contributed by atoms with Crippen molar-refractivity contribution >= 4 is 33.1 Å². The van der Waals surface area contributed by atoms with Gasteiger partial charge in [0, 0.05) is 17.0 Å². The molecule has 0 fully saturated rings. The Hall–Kier alpha value is -1.97. The Labute approximate surface area is 167 Å². The molecule has 3 aliphatic rings. The fraction of sp³-hybridized carbons (Fsp3) is 0.474. The van der Waals surface area contributed by atoms with Crippen molar-refractivity contribution in [3.63, 3.8) is 0 Å². The van der Waals surface area contributed by atoms with E-state index in [1.807, 2.05) is 0 Å². The highest BCUT2D eigenvalue weighted by molar-refractivity contribution is 7.92. The zero-order chi connectivity index (χ0) is 19.3. The molecule has 1 aliphatic heterocycles. The first-order valence-electron chi connectivity index (χ1n) is 9.58. The number of benzene rings is 1. The topological polar surface area (TPSA) is 97.4 Å². The number of urea groups is 1. The lowest BCUT2D eigenvalue weighted by Crippen LogP contribution is -2.35. The van der Waals surface area contributed by atoms with Gasteiger partial charge in [0.25, 0.3) is 10.0 Å². The lowest BCUT2D eigenvalue weighted by atomic mass is 9.99. The lowest BCUT2D eigenvalue weighted by Gasteiger charge is -2.16. The van der Waals surface area contributed by atoms with Gasteiger partial charge >= 0.3 is 6.03 Å². The minimum Gasteiger partial charge on any atom is -0.375 e. The van der Waals surface area contributed by atoms with Crippen molar-refractivity contribution in [1.82, 2.24) is 9.71 Å². The van der Waals surface area contributed by atoms with E-state index in [0.29, 0.717) is 25.3 Å². The van der Waals surface area contributed by atoms with Crippen molar-refractivity contribution in [2.75, 3.05) is 11.9 Å². The molecule has 2 heterocycles. The molecule has 1 aromatic carbocycles. The maximum atomic E-state index is 12.7. The van der Waals surface area contributed by atoms with Crippen LogP contribution in [0.15, 0.2) is 10.4 Å². The number of anilines is 1. The van der Waals surface area contributed by atoms with E-state index < -0.39 is 16.1 Å². The highest BCUT2D eigenvalue weighted by Crippen LogP contribution is 2.38. The first-order chi connectivity index (χ1) is 13.5. The molecule has 5 rings (SSSR count). The molecule has 9 heteroatoms. The number of aryl methyl sites for hydroxylation is 2. The van der Waals surface area contributed by atoms with E-state index in [9.17, 15) is 13.2 Å². The molecule has 2 amide bonds. The third-order valence-electron chi connectivity index (χ3n) is 5.64. The zero-order valence-corrected chi connectivity index (χ0v) is 17.0. The molecule has 0 spiro atoms. The predicted molar refractivity (Wildman–Crippen MR) is 105 cm³/mol. The van der Waals surface area contributed by atoms with E-state index in [-0.39, 0.29) is 4.34 Å². The van der Waals surface area contributed by atoms with Crippen molar-refractivity contribution in [3.8, 4) is 0 Å². The molecule has 2 aliphatic carbocycles. The van der Waals surface area contributed by atoms with Gasteiger partial charge in [0.1, 0.15) is 0 Å². The van der Waals surface area contributed by atoms with Gasteiger partial charge in [0.05, 0.1) is 18.9 Å². The molecule has 1 aromatic heterocycles. The van der Waals surface area contributed by atoms with Crippen LogP contribution in [0.3, 0.4) is 0 Å². The number of carbonyl (C=O) groups excluding carboxylic acids is 1. The molecule has 0 unspecified atom stereocenters. The number of hydrogen-bond acceptors (Lipinski definition) is 6. The molecule has 2 aromatic rings. The number of aromatic nitrogens is 1. The number of carbonyl (C=O) groups is 1. The van der Waals surface area contributed by atoms with Crippen LogP contribution in [0.25, 0.3) is 0 Å². The monoisotopic (exact) mass is 419 g/mol. The number of sulfonamides is 1.